The predicted molar refractivity (Wildman–Crippen MR) is 71.0 cm³/mol. The largest absolute Gasteiger partial charge is 0.329 e. The number of rotatable bonds is 5. The molecule has 2 rings (SSSR count). The molecule has 6 nitrogen and oxygen atoms in total. The second-order valence-corrected chi connectivity index (χ2v) is 4.91. The second kappa shape index (κ2) is 6.26. The van der Waals surface area contributed by atoms with Crippen molar-refractivity contribution in [2.75, 3.05) is 32.7 Å². The second-order valence-electron chi connectivity index (χ2n) is 4.91. The number of hydrogen-bond acceptors (Lipinski definition) is 5. The van der Waals surface area contributed by atoms with Gasteiger partial charge in [0.15, 0.2) is 0 Å². The first-order valence-electron chi connectivity index (χ1n) is 6.74. The number of aromatic nitrogens is 3. The average molecular weight is 252 g/mol. The number of piperazine rings is 1. The fourth-order valence-electron chi connectivity index (χ4n) is 2.52. The molecule has 1 aromatic heterocycles. The summed E-state index contributed by atoms with van der Waals surface area (Å²) in [6.45, 7) is 8.25. The molecule has 1 aliphatic heterocycles. The van der Waals surface area contributed by atoms with E-state index in [9.17, 15) is 0 Å². The Labute approximate surface area is 109 Å². The van der Waals surface area contributed by atoms with E-state index in [2.05, 4.69) is 26.8 Å². The van der Waals surface area contributed by atoms with Crippen molar-refractivity contribution in [3.8, 4) is 0 Å². The Morgan fingerprint density at radius 1 is 1.33 bits per heavy atom. The van der Waals surface area contributed by atoms with Gasteiger partial charge in [-0.2, -0.15) is 5.10 Å². The average Bonchev–Trinajstić information content (AvgIpc) is 2.79. The van der Waals surface area contributed by atoms with Crippen molar-refractivity contribution in [3.63, 3.8) is 0 Å². The van der Waals surface area contributed by atoms with Crippen molar-refractivity contribution in [2.45, 2.75) is 25.9 Å². The van der Waals surface area contributed by atoms with E-state index in [1.165, 1.54) is 0 Å². The van der Waals surface area contributed by atoms with Crippen LogP contribution in [0.1, 0.15) is 19.2 Å². The molecule has 0 saturated carbocycles. The molecular weight excluding hydrogens is 228 g/mol. The highest BCUT2D eigenvalue weighted by Gasteiger charge is 2.22. The lowest BCUT2D eigenvalue weighted by Crippen LogP contribution is -2.51. The molecule has 1 fully saturated rings. The van der Waals surface area contributed by atoms with Gasteiger partial charge in [0.25, 0.3) is 0 Å². The molecule has 1 unspecified atom stereocenters. The lowest BCUT2D eigenvalue weighted by atomic mass is 10.1. The van der Waals surface area contributed by atoms with Crippen molar-refractivity contribution >= 4 is 0 Å². The molecule has 1 aromatic rings. The smallest absolute Gasteiger partial charge is 0.140 e. The quantitative estimate of drug-likeness (QED) is 0.777. The van der Waals surface area contributed by atoms with Crippen LogP contribution in [0.3, 0.4) is 0 Å². The Bertz CT molecular complexity index is 351. The summed E-state index contributed by atoms with van der Waals surface area (Å²) in [6.07, 6.45) is 2.76. The number of nitrogens with two attached hydrogens (primary N) is 1. The van der Waals surface area contributed by atoms with E-state index in [1.54, 1.807) is 6.33 Å². The topological polar surface area (TPSA) is 63.2 Å². The minimum atomic E-state index is 0.543. The van der Waals surface area contributed by atoms with Gasteiger partial charge in [-0.25, -0.2) is 4.98 Å². The summed E-state index contributed by atoms with van der Waals surface area (Å²) in [6, 6.07) is 0.543. The molecular formula is C12H24N6. The number of nitrogens with zero attached hydrogens (tertiary/aromatic N) is 5. The van der Waals surface area contributed by atoms with Crippen LogP contribution in [0.15, 0.2) is 6.33 Å². The first-order chi connectivity index (χ1) is 8.74. The molecule has 0 bridgehead atoms. The normalized spacial score (nSPS) is 20.2. The highest BCUT2D eigenvalue weighted by atomic mass is 15.3. The van der Waals surface area contributed by atoms with Crippen molar-refractivity contribution in [3.05, 3.63) is 12.2 Å². The fourth-order valence-corrected chi connectivity index (χ4v) is 2.52. The minimum Gasteiger partial charge on any atom is -0.329 e. The zero-order valence-electron chi connectivity index (χ0n) is 11.4. The number of aryl methyl sites for hydroxylation is 1. The molecule has 0 aliphatic carbocycles. The van der Waals surface area contributed by atoms with Gasteiger partial charge in [-0.15, -0.1) is 0 Å². The Kier molecular flexibility index (Phi) is 4.68. The van der Waals surface area contributed by atoms with E-state index in [1.807, 2.05) is 11.7 Å². The highest BCUT2D eigenvalue weighted by molar-refractivity contribution is 4.86. The lowest BCUT2D eigenvalue weighted by Gasteiger charge is -2.38. The van der Waals surface area contributed by atoms with Gasteiger partial charge in [0.1, 0.15) is 12.2 Å². The van der Waals surface area contributed by atoms with Gasteiger partial charge in [0.2, 0.25) is 0 Å². The fraction of sp³-hybridized carbons (Fsp3) is 0.833. The lowest BCUT2D eigenvalue weighted by molar-refractivity contribution is 0.0904. The summed E-state index contributed by atoms with van der Waals surface area (Å²) in [5.74, 6) is 1.04. The molecule has 1 aliphatic rings. The first kappa shape index (κ1) is 13.5. The Morgan fingerprint density at radius 3 is 2.56 bits per heavy atom. The Balaban J connectivity index is 1.82. The summed E-state index contributed by atoms with van der Waals surface area (Å²) in [5, 5.41) is 4.10. The van der Waals surface area contributed by atoms with Crippen LogP contribution in [0, 0.1) is 0 Å². The van der Waals surface area contributed by atoms with E-state index in [0.29, 0.717) is 6.04 Å². The van der Waals surface area contributed by atoms with E-state index in [0.717, 1.165) is 51.5 Å². The molecule has 2 N–H and O–H groups in total. The van der Waals surface area contributed by atoms with Crippen molar-refractivity contribution in [2.24, 2.45) is 12.8 Å². The SMILES string of the molecule is CCC(CN)N1CCN(Cc2ncnn2C)CC1. The van der Waals surface area contributed by atoms with Gasteiger partial charge >= 0.3 is 0 Å². The molecule has 0 spiro atoms. The van der Waals surface area contributed by atoms with Crippen molar-refractivity contribution in [1.82, 2.24) is 24.6 Å². The third kappa shape index (κ3) is 3.07. The first-order valence-corrected chi connectivity index (χ1v) is 6.74. The van der Waals surface area contributed by atoms with Crippen molar-refractivity contribution in [1.29, 1.82) is 0 Å². The highest BCUT2D eigenvalue weighted by Crippen LogP contribution is 2.10. The maximum atomic E-state index is 5.80. The van der Waals surface area contributed by atoms with Crippen LogP contribution < -0.4 is 5.73 Å². The zero-order valence-corrected chi connectivity index (χ0v) is 11.4. The van der Waals surface area contributed by atoms with E-state index >= 15 is 0 Å². The maximum absolute atomic E-state index is 5.80. The van der Waals surface area contributed by atoms with Gasteiger partial charge in [0.05, 0.1) is 6.54 Å². The molecule has 18 heavy (non-hydrogen) atoms. The van der Waals surface area contributed by atoms with Gasteiger partial charge in [-0.3, -0.25) is 14.5 Å². The van der Waals surface area contributed by atoms with Gasteiger partial charge in [-0.1, -0.05) is 6.92 Å². The zero-order chi connectivity index (χ0) is 13.0. The summed E-state index contributed by atoms with van der Waals surface area (Å²) in [4.78, 5) is 9.21. The molecule has 1 saturated heterocycles. The molecule has 2 heterocycles. The third-order valence-corrected chi connectivity index (χ3v) is 3.84. The monoisotopic (exact) mass is 252 g/mol. The third-order valence-electron chi connectivity index (χ3n) is 3.84. The summed E-state index contributed by atoms with van der Waals surface area (Å²) >= 11 is 0. The van der Waals surface area contributed by atoms with Crippen LogP contribution in [0.5, 0.6) is 0 Å². The molecule has 102 valence electrons. The van der Waals surface area contributed by atoms with Crippen LogP contribution in [-0.2, 0) is 13.6 Å². The maximum Gasteiger partial charge on any atom is 0.140 e. The molecule has 6 heteroatoms. The Hall–Kier alpha value is -0.980. The van der Waals surface area contributed by atoms with E-state index in [-0.39, 0.29) is 0 Å². The van der Waals surface area contributed by atoms with Gasteiger partial charge < -0.3 is 5.73 Å². The Morgan fingerprint density at radius 2 is 2.06 bits per heavy atom. The standard InChI is InChI=1S/C12H24N6/c1-3-11(8-13)18-6-4-17(5-7-18)9-12-14-10-15-16(12)2/h10-11H,3-9,13H2,1-2H3. The van der Waals surface area contributed by atoms with Crippen LogP contribution in [-0.4, -0.2) is 63.3 Å². The number of hydrogen-bond donors (Lipinski definition) is 1. The molecule has 0 aromatic carbocycles. The van der Waals surface area contributed by atoms with Crippen molar-refractivity contribution < 1.29 is 0 Å². The van der Waals surface area contributed by atoms with Crippen LogP contribution in [0.25, 0.3) is 0 Å². The summed E-state index contributed by atoms with van der Waals surface area (Å²) < 4.78 is 1.85. The van der Waals surface area contributed by atoms with E-state index < -0.39 is 0 Å². The predicted octanol–water partition coefficient (Wildman–Crippen LogP) is -0.330. The molecule has 1 atom stereocenters. The minimum absolute atomic E-state index is 0.543. The summed E-state index contributed by atoms with van der Waals surface area (Å²) in [5.41, 5.74) is 5.80. The summed E-state index contributed by atoms with van der Waals surface area (Å²) in [7, 11) is 1.94. The van der Waals surface area contributed by atoms with Crippen LogP contribution in [0.4, 0.5) is 0 Å². The van der Waals surface area contributed by atoms with Crippen LogP contribution >= 0.6 is 0 Å². The van der Waals surface area contributed by atoms with E-state index in [4.69, 9.17) is 5.73 Å². The van der Waals surface area contributed by atoms with Gasteiger partial charge in [0, 0.05) is 45.8 Å². The van der Waals surface area contributed by atoms with Gasteiger partial charge in [-0.05, 0) is 6.42 Å². The van der Waals surface area contributed by atoms with Crippen LogP contribution in [0.2, 0.25) is 0 Å². The molecule has 0 radical (unpaired) electrons. The molecule has 0 amide bonds.